The van der Waals surface area contributed by atoms with Crippen molar-refractivity contribution >= 4 is 15.9 Å². The fourth-order valence-corrected chi connectivity index (χ4v) is 3.10. The summed E-state index contributed by atoms with van der Waals surface area (Å²) < 4.78 is 6.99. The van der Waals surface area contributed by atoms with Gasteiger partial charge >= 0.3 is 0 Å². The van der Waals surface area contributed by atoms with Crippen molar-refractivity contribution in [1.29, 1.82) is 0 Å². The zero-order chi connectivity index (χ0) is 13.0. The van der Waals surface area contributed by atoms with Crippen LogP contribution in [0.1, 0.15) is 44.6 Å². The zero-order valence-electron chi connectivity index (χ0n) is 10.9. The van der Waals surface area contributed by atoms with Gasteiger partial charge in [0.05, 0.1) is 17.2 Å². The van der Waals surface area contributed by atoms with E-state index < -0.39 is 0 Å². The Morgan fingerprint density at radius 1 is 1.28 bits per heavy atom. The Kier molecular flexibility index (Phi) is 5.07. The van der Waals surface area contributed by atoms with Crippen molar-refractivity contribution in [3.63, 3.8) is 0 Å². The van der Waals surface area contributed by atoms with E-state index in [-0.39, 0.29) is 6.61 Å². The number of hydrogen-bond donors (Lipinski definition) is 1. The maximum atomic E-state index is 9.07. The highest BCUT2D eigenvalue weighted by atomic mass is 79.9. The molecular formula is C15H21BrO2. The molecule has 0 aromatic heterocycles. The third-order valence-electron chi connectivity index (χ3n) is 3.84. The van der Waals surface area contributed by atoms with Crippen molar-refractivity contribution in [3.05, 3.63) is 28.2 Å². The molecule has 1 aliphatic carbocycles. The minimum Gasteiger partial charge on any atom is -0.489 e. The molecule has 1 saturated carbocycles. The predicted molar refractivity (Wildman–Crippen MR) is 76.7 cm³/mol. The first-order chi connectivity index (χ1) is 8.72. The number of aliphatic hydroxyl groups is 1. The fourth-order valence-electron chi connectivity index (χ4n) is 2.58. The number of hydrogen-bond acceptors (Lipinski definition) is 2. The Balaban J connectivity index is 1.94. The van der Waals surface area contributed by atoms with Crippen LogP contribution in [0.4, 0.5) is 0 Å². The summed E-state index contributed by atoms with van der Waals surface area (Å²) in [6, 6.07) is 5.78. The van der Waals surface area contributed by atoms with Gasteiger partial charge in [-0.05, 0) is 65.2 Å². The molecule has 1 N–H and O–H groups in total. The monoisotopic (exact) mass is 312 g/mol. The number of benzene rings is 1. The summed E-state index contributed by atoms with van der Waals surface area (Å²) in [6.45, 7) is 2.34. The summed E-state index contributed by atoms with van der Waals surface area (Å²) in [5, 5.41) is 9.07. The molecule has 0 spiro atoms. The largest absolute Gasteiger partial charge is 0.489 e. The lowest BCUT2D eigenvalue weighted by atomic mass is 9.86. The van der Waals surface area contributed by atoms with Crippen LogP contribution in [0.25, 0.3) is 0 Å². The van der Waals surface area contributed by atoms with Crippen molar-refractivity contribution in [1.82, 2.24) is 0 Å². The molecule has 1 aromatic rings. The Labute approximate surface area is 117 Å². The molecule has 2 rings (SSSR count). The molecule has 0 amide bonds. The lowest BCUT2D eigenvalue weighted by Crippen LogP contribution is -2.24. The van der Waals surface area contributed by atoms with Gasteiger partial charge in [-0.2, -0.15) is 0 Å². The molecule has 2 nitrogen and oxygen atoms in total. The van der Waals surface area contributed by atoms with Gasteiger partial charge < -0.3 is 9.84 Å². The van der Waals surface area contributed by atoms with Gasteiger partial charge in [-0.3, -0.25) is 0 Å². The Bertz CT molecular complexity index is 384. The SMILES string of the molecule is CCC1CCC(Oc2ccc(CO)cc2Br)CC1. The highest BCUT2D eigenvalue weighted by molar-refractivity contribution is 9.10. The molecule has 0 heterocycles. The third-order valence-corrected chi connectivity index (χ3v) is 4.46. The van der Waals surface area contributed by atoms with Gasteiger partial charge in [0.25, 0.3) is 0 Å². The first-order valence-electron chi connectivity index (χ1n) is 6.78. The molecule has 18 heavy (non-hydrogen) atoms. The Morgan fingerprint density at radius 2 is 2.00 bits per heavy atom. The topological polar surface area (TPSA) is 29.5 Å². The zero-order valence-corrected chi connectivity index (χ0v) is 12.4. The van der Waals surface area contributed by atoms with E-state index in [1.807, 2.05) is 18.2 Å². The predicted octanol–water partition coefficient (Wildman–Crippen LogP) is 4.29. The fraction of sp³-hybridized carbons (Fsp3) is 0.600. The van der Waals surface area contributed by atoms with Gasteiger partial charge in [-0.1, -0.05) is 19.4 Å². The molecule has 1 aromatic carbocycles. The molecule has 0 atom stereocenters. The molecule has 0 saturated heterocycles. The van der Waals surface area contributed by atoms with Gasteiger partial charge in [0, 0.05) is 0 Å². The highest BCUT2D eigenvalue weighted by Crippen LogP contribution is 2.32. The van der Waals surface area contributed by atoms with E-state index in [2.05, 4.69) is 22.9 Å². The van der Waals surface area contributed by atoms with Gasteiger partial charge in [0.15, 0.2) is 0 Å². The second kappa shape index (κ2) is 6.58. The van der Waals surface area contributed by atoms with Crippen LogP contribution in [0.2, 0.25) is 0 Å². The summed E-state index contributed by atoms with van der Waals surface area (Å²) in [6.07, 6.45) is 6.53. The summed E-state index contributed by atoms with van der Waals surface area (Å²) >= 11 is 3.50. The molecular weight excluding hydrogens is 292 g/mol. The van der Waals surface area contributed by atoms with Crippen LogP contribution in [0.15, 0.2) is 22.7 Å². The molecule has 100 valence electrons. The van der Waals surface area contributed by atoms with Crippen LogP contribution >= 0.6 is 15.9 Å². The van der Waals surface area contributed by atoms with E-state index in [0.717, 1.165) is 34.5 Å². The lowest BCUT2D eigenvalue weighted by molar-refractivity contribution is 0.129. The molecule has 0 unspecified atom stereocenters. The number of rotatable bonds is 4. The average Bonchev–Trinajstić information content (AvgIpc) is 2.42. The van der Waals surface area contributed by atoms with E-state index in [9.17, 15) is 0 Å². The van der Waals surface area contributed by atoms with Gasteiger partial charge in [-0.25, -0.2) is 0 Å². The van der Waals surface area contributed by atoms with Crippen LogP contribution in [0.3, 0.4) is 0 Å². The van der Waals surface area contributed by atoms with E-state index in [4.69, 9.17) is 9.84 Å². The molecule has 1 aliphatic rings. The van der Waals surface area contributed by atoms with Crippen LogP contribution in [0, 0.1) is 5.92 Å². The van der Waals surface area contributed by atoms with Crippen molar-refractivity contribution < 1.29 is 9.84 Å². The molecule has 1 fully saturated rings. The maximum absolute atomic E-state index is 9.07. The van der Waals surface area contributed by atoms with Gasteiger partial charge in [-0.15, -0.1) is 0 Å². The summed E-state index contributed by atoms with van der Waals surface area (Å²) in [4.78, 5) is 0. The summed E-state index contributed by atoms with van der Waals surface area (Å²) in [7, 11) is 0. The molecule has 0 radical (unpaired) electrons. The van der Waals surface area contributed by atoms with E-state index in [1.54, 1.807) is 0 Å². The van der Waals surface area contributed by atoms with Crippen LogP contribution in [-0.4, -0.2) is 11.2 Å². The average molecular weight is 313 g/mol. The van der Waals surface area contributed by atoms with Crippen molar-refractivity contribution in [2.45, 2.75) is 51.7 Å². The normalized spacial score (nSPS) is 23.9. The first kappa shape index (κ1) is 13.9. The molecule has 3 heteroatoms. The number of ether oxygens (including phenoxy) is 1. The van der Waals surface area contributed by atoms with E-state index in [0.29, 0.717) is 6.10 Å². The van der Waals surface area contributed by atoms with Crippen LogP contribution in [0.5, 0.6) is 5.75 Å². The summed E-state index contributed by atoms with van der Waals surface area (Å²) in [5.74, 6) is 1.79. The highest BCUT2D eigenvalue weighted by Gasteiger charge is 2.21. The smallest absolute Gasteiger partial charge is 0.133 e. The minimum absolute atomic E-state index is 0.0699. The number of halogens is 1. The standard InChI is InChI=1S/C15H21BrO2/c1-2-11-3-6-13(7-4-11)18-15-8-5-12(10-17)9-14(15)16/h5,8-9,11,13,17H,2-4,6-7,10H2,1H3. The van der Waals surface area contributed by atoms with Crippen molar-refractivity contribution in [2.24, 2.45) is 5.92 Å². The lowest BCUT2D eigenvalue weighted by Gasteiger charge is -2.28. The second-order valence-corrected chi connectivity index (χ2v) is 5.95. The van der Waals surface area contributed by atoms with Crippen LogP contribution in [-0.2, 0) is 6.61 Å². The van der Waals surface area contributed by atoms with E-state index in [1.165, 1.54) is 19.3 Å². The van der Waals surface area contributed by atoms with Crippen molar-refractivity contribution in [2.75, 3.05) is 0 Å². The summed E-state index contributed by atoms with van der Waals surface area (Å²) in [5.41, 5.74) is 0.906. The second-order valence-electron chi connectivity index (χ2n) is 5.09. The number of aliphatic hydroxyl groups excluding tert-OH is 1. The van der Waals surface area contributed by atoms with Gasteiger partial charge in [0.1, 0.15) is 5.75 Å². The van der Waals surface area contributed by atoms with E-state index >= 15 is 0 Å². The molecule has 0 bridgehead atoms. The Morgan fingerprint density at radius 3 is 2.56 bits per heavy atom. The van der Waals surface area contributed by atoms with Crippen molar-refractivity contribution in [3.8, 4) is 5.75 Å². The quantitative estimate of drug-likeness (QED) is 0.898. The first-order valence-corrected chi connectivity index (χ1v) is 7.58. The van der Waals surface area contributed by atoms with Crippen LogP contribution < -0.4 is 4.74 Å². The molecule has 0 aliphatic heterocycles. The third kappa shape index (κ3) is 3.48. The minimum atomic E-state index is 0.0699. The maximum Gasteiger partial charge on any atom is 0.133 e. The van der Waals surface area contributed by atoms with Gasteiger partial charge in [0.2, 0.25) is 0 Å². The Hall–Kier alpha value is -0.540.